The quantitative estimate of drug-likeness (QED) is 0.429. The zero-order chi connectivity index (χ0) is 19.2. The third-order valence-corrected chi connectivity index (χ3v) is 8.16. The smallest absolute Gasteiger partial charge is 0.319 e. The highest BCUT2D eigenvalue weighted by atomic mass is 19.3. The van der Waals surface area contributed by atoms with Crippen molar-refractivity contribution in [1.29, 1.82) is 0 Å². The van der Waals surface area contributed by atoms with E-state index in [-0.39, 0.29) is 12.0 Å². The first-order chi connectivity index (χ1) is 13.1. The number of alkyl halides is 2. The molecule has 3 fully saturated rings. The van der Waals surface area contributed by atoms with Gasteiger partial charge in [0.2, 0.25) is 0 Å². The third kappa shape index (κ3) is 6.02. The molecule has 1 nitrogen and oxygen atoms in total. The molecule has 0 aromatic heterocycles. The van der Waals surface area contributed by atoms with Gasteiger partial charge in [-0.3, -0.25) is 0 Å². The Morgan fingerprint density at radius 1 is 0.815 bits per heavy atom. The summed E-state index contributed by atoms with van der Waals surface area (Å²) in [5.41, 5.74) is 0. The van der Waals surface area contributed by atoms with Gasteiger partial charge < -0.3 is 4.74 Å². The summed E-state index contributed by atoms with van der Waals surface area (Å²) in [5.74, 6) is 4.72. The van der Waals surface area contributed by atoms with Gasteiger partial charge in [0.15, 0.2) is 0 Å². The van der Waals surface area contributed by atoms with Crippen molar-refractivity contribution in [3.8, 4) is 0 Å². The lowest BCUT2D eigenvalue weighted by Gasteiger charge is -2.42. The molecule has 0 aromatic rings. The van der Waals surface area contributed by atoms with Gasteiger partial charge in [-0.2, -0.15) is 8.78 Å². The van der Waals surface area contributed by atoms with Crippen LogP contribution in [0.2, 0.25) is 0 Å². The molecule has 0 spiro atoms. The number of hydrogen-bond donors (Lipinski definition) is 0. The van der Waals surface area contributed by atoms with Crippen LogP contribution in [-0.4, -0.2) is 12.7 Å². The molecular weight excluding hydrogens is 342 g/mol. The number of rotatable bonds is 6. The highest BCUT2D eigenvalue weighted by Gasteiger charge is 2.37. The fourth-order valence-corrected chi connectivity index (χ4v) is 6.48. The van der Waals surface area contributed by atoms with Gasteiger partial charge >= 0.3 is 6.61 Å². The van der Waals surface area contributed by atoms with Gasteiger partial charge in [-0.05, 0) is 119 Å². The summed E-state index contributed by atoms with van der Waals surface area (Å²) in [5, 5.41) is 0. The van der Waals surface area contributed by atoms with Crippen LogP contribution in [-0.2, 0) is 4.74 Å². The zero-order valence-corrected chi connectivity index (χ0v) is 17.4. The molecule has 0 bridgehead atoms. The van der Waals surface area contributed by atoms with Gasteiger partial charge in [0, 0.05) is 0 Å². The standard InChI is InChI=1S/C24H40F2O/c1-3-4-5-18-6-8-19(9-7-18)20-10-12-21(13-11-20)22-14-15-23(17(2)16-22)27-24(25)26/h3-4,17-24H,5-16H2,1-2H3/b4-3+. The summed E-state index contributed by atoms with van der Waals surface area (Å²) in [6, 6.07) is 0. The van der Waals surface area contributed by atoms with Crippen LogP contribution in [0, 0.1) is 35.5 Å². The molecule has 0 radical (unpaired) electrons. The van der Waals surface area contributed by atoms with Crippen LogP contribution in [0.5, 0.6) is 0 Å². The Kier molecular flexibility index (Phi) is 8.17. The Morgan fingerprint density at radius 3 is 1.85 bits per heavy atom. The van der Waals surface area contributed by atoms with Crippen LogP contribution in [0.15, 0.2) is 12.2 Å². The molecule has 3 aliphatic rings. The highest BCUT2D eigenvalue weighted by Crippen LogP contribution is 2.46. The van der Waals surface area contributed by atoms with Crippen molar-refractivity contribution in [2.45, 2.75) is 104 Å². The SMILES string of the molecule is C/C=C/CC1CCC(C2CCC(C3CCC(OC(F)F)C(C)C3)CC2)CC1. The first-order valence-electron chi connectivity index (χ1n) is 11.6. The second-order valence-corrected chi connectivity index (χ2v) is 9.75. The fourth-order valence-electron chi connectivity index (χ4n) is 6.48. The number of ether oxygens (including phenoxy) is 1. The summed E-state index contributed by atoms with van der Waals surface area (Å²) in [6.07, 6.45) is 19.9. The second kappa shape index (κ2) is 10.4. The molecule has 0 heterocycles. The summed E-state index contributed by atoms with van der Waals surface area (Å²) in [6.45, 7) is 1.62. The van der Waals surface area contributed by atoms with Crippen molar-refractivity contribution in [3.63, 3.8) is 0 Å². The van der Waals surface area contributed by atoms with Gasteiger partial charge in [0.1, 0.15) is 0 Å². The van der Waals surface area contributed by atoms with Crippen molar-refractivity contribution < 1.29 is 13.5 Å². The van der Waals surface area contributed by atoms with E-state index >= 15 is 0 Å². The summed E-state index contributed by atoms with van der Waals surface area (Å²) in [4.78, 5) is 0. The molecule has 0 N–H and O–H groups in total. The minimum atomic E-state index is -2.61. The van der Waals surface area contributed by atoms with E-state index in [9.17, 15) is 8.78 Å². The molecule has 0 saturated heterocycles. The van der Waals surface area contributed by atoms with Gasteiger partial charge in [-0.15, -0.1) is 0 Å². The molecule has 3 unspecified atom stereocenters. The van der Waals surface area contributed by atoms with E-state index in [0.29, 0.717) is 0 Å². The number of hydrogen-bond acceptors (Lipinski definition) is 1. The second-order valence-electron chi connectivity index (χ2n) is 9.75. The summed E-state index contributed by atoms with van der Waals surface area (Å²) < 4.78 is 29.9. The lowest BCUT2D eigenvalue weighted by Crippen LogP contribution is -2.35. The summed E-state index contributed by atoms with van der Waals surface area (Å²) in [7, 11) is 0. The molecule has 3 atom stereocenters. The van der Waals surface area contributed by atoms with Gasteiger partial charge in [0.05, 0.1) is 6.10 Å². The molecular formula is C24H40F2O. The number of allylic oxidation sites excluding steroid dienone is 2. The molecule has 0 aromatic carbocycles. The van der Waals surface area contributed by atoms with Crippen LogP contribution < -0.4 is 0 Å². The van der Waals surface area contributed by atoms with Crippen molar-refractivity contribution >= 4 is 0 Å². The number of halogens is 2. The first-order valence-corrected chi connectivity index (χ1v) is 11.6. The van der Waals surface area contributed by atoms with Crippen LogP contribution in [0.3, 0.4) is 0 Å². The molecule has 3 aliphatic carbocycles. The minimum Gasteiger partial charge on any atom is -0.319 e. The van der Waals surface area contributed by atoms with Crippen LogP contribution in [0.4, 0.5) is 8.78 Å². The van der Waals surface area contributed by atoms with E-state index in [1.54, 1.807) is 0 Å². The molecule has 27 heavy (non-hydrogen) atoms. The van der Waals surface area contributed by atoms with E-state index < -0.39 is 6.61 Å². The molecule has 3 heteroatoms. The lowest BCUT2D eigenvalue weighted by molar-refractivity contribution is -0.185. The third-order valence-electron chi connectivity index (χ3n) is 8.16. The van der Waals surface area contributed by atoms with E-state index in [1.165, 1.54) is 57.8 Å². The Balaban J connectivity index is 1.38. The maximum atomic E-state index is 12.5. The van der Waals surface area contributed by atoms with E-state index in [1.807, 2.05) is 0 Å². The van der Waals surface area contributed by atoms with Crippen molar-refractivity contribution in [3.05, 3.63) is 12.2 Å². The van der Waals surface area contributed by atoms with Crippen molar-refractivity contribution in [1.82, 2.24) is 0 Å². The Hall–Kier alpha value is -0.440. The van der Waals surface area contributed by atoms with Crippen molar-refractivity contribution in [2.24, 2.45) is 35.5 Å². The average molecular weight is 383 g/mol. The largest absolute Gasteiger partial charge is 0.345 e. The lowest BCUT2D eigenvalue weighted by atomic mass is 9.64. The van der Waals surface area contributed by atoms with Gasteiger partial charge in [0.25, 0.3) is 0 Å². The summed E-state index contributed by atoms with van der Waals surface area (Å²) >= 11 is 0. The predicted molar refractivity (Wildman–Crippen MR) is 108 cm³/mol. The maximum Gasteiger partial charge on any atom is 0.345 e. The minimum absolute atomic E-state index is 0.227. The highest BCUT2D eigenvalue weighted by molar-refractivity contribution is 4.89. The zero-order valence-electron chi connectivity index (χ0n) is 17.4. The van der Waals surface area contributed by atoms with E-state index in [4.69, 9.17) is 4.74 Å². The Labute approximate surface area is 165 Å². The van der Waals surface area contributed by atoms with Crippen molar-refractivity contribution in [2.75, 3.05) is 0 Å². The van der Waals surface area contributed by atoms with Crippen LogP contribution in [0.25, 0.3) is 0 Å². The molecule has 0 aliphatic heterocycles. The topological polar surface area (TPSA) is 9.23 Å². The normalized spacial score (nSPS) is 41.3. The maximum absolute atomic E-state index is 12.5. The van der Waals surface area contributed by atoms with Gasteiger partial charge in [-0.1, -0.05) is 19.1 Å². The monoisotopic (exact) mass is 382 g/mol. The van der Waals surface area contributed by atoms with Crippen LogP contribution >= 0.6 is 0 Å². The molecule has 3 rings (SSSR count). The van der Waals surface area contributed by atoms with E-state index in [0.717, 1.165) is 48.9 Å². The Bertz CT molecular complexity index is 447. The predicted octanol–water partition coefficient (Wildman–Crippen LogP) is 7.61. The molecule has 3 saturated carbocycles. The fraction of sp³-hybridized carbons (Fsp3) is 0.917. The Morgan fingerprint density at radius 2 is 1.33 bits per heavy atom. The first kappa shape index (κ1) is 21.3. The molecule has 0 amide bonds. The van der Waals surface area contributed by atoms with Gasteiger partial charge in [-0.25, -0.2) is 0 Å². The average Bonchev–Trinajstić information content (AvgIpc) is 2.68. The van der Waals surface area contributed by atoms with Crippen LogP contribution in [0.1, 0.15) is 90.9 Å². The van der Waals surface area contributed by atoms with E-state index in [2.05, 4.69) is 26.0 Å². The molecule has 156 valence electrons.